The van der Waals surface area contributed by atoms with E-state index in [1.54, 1.807) is 43.7 Å². The summed E-state index contributed by atoms with van der Waals surface area (Å²) in [6.45, 7) is 0.292. The van der Waals surface area contributed by atoms with Gasteiger partial charge in [-0.15, -0.1) is 11.3 Å². The van der Waals surface area contributed by atoms with Gasteiger partial charge in [0.2, 0.25) is 4.80 Å². The van der Waals surface area contributed by atoms with Crippen LogP contribution in [-0.2, 0) is 11.3 Å². The van der Waals surface area contributed by atoms with E-state index in [0.29, 0.717) is 34.5 Å². The van der Waals surface area contributed by atoms with E-state index in [2.05, 4.69) is 59.2 Å². The van der Waals surface area contributed by atoms with E-state index in [0.717, 1.165) is 38.3 Å². The molecule has 0 spiro atoms. The molecule has 0 saturated carbocycles. The molecule has 49 heavy (non-hydrogen) atoms. The van der Waals surface area contributed by atoms with Crippen molar-refractivity contribution in [1.82, 2.24) is 4.68 Å². The molecule has 0 aliphatic rings. The summed E-state index contributed by atoms with van der Waals surface area (Å²) in [6, 6.07) is 39.2. The third-order valence-corrected chi connectivity index (χ3v) is 8.61. The van der Waals surface area contributed by atoms with E-state index in [1.165, 1.54) is 18.4 Å². The molecule has 10 heteroatoms. The van der Waals surface area contributed by atoms with Gasteiger partial charge < -0.3 is 19.5 Å². The maximum Gasteiger partial charge on any atom is 0.262 e. The van der Waals surface area contributed by atoms with E-state index < -0.39 is 0 Å². The third-order valence-electron chi connectivity index (χ3n) is 7.52. The normalized spacial score (nSPS) is 11.4. The molecule has 1 amide bonds. The fourth-order valence-electron chi connectivity index (χ4n) is 5.03. The van der Waals surface area contributed by atoms with Crippen LogP contribution in [0.5, 0.6) is 17.2 Å². The van der Waals surface area contributed by atoms with Gasteiger partial charge >= 0.3 is 0 Å². The first-order valence-electron chi connectivity index (χ1n) is 15.4. The Morgan fingerprint density at radius 1 is 0.796 bits per heavy atom. The number of carbonyl (C=O) groups excluding carboxylic acids is 1. The van der Waals surface area contributed by atoms with Crippen molar-refractivity contribution >= 4 is 40.7 Å². The van der Waals surface area contributed by atoms with Crippen molar-refractivity contribution in [2.45, 2.75) is 6.54 Å². The van der Waals surface area contributed by atoms with Gasteiger partial charge in [-0.2, -0.15) is 5.10 Å². The molecular formula is C39H33ClN4O4S. The molecule has 0 bridgehead atoms. The smallest absolute Gasteiger partial charge is 0.262 e. The van der Waals surface area contributed by atoms with E-state index >= 15 is 0 Å². The highest BCUT2D eigenvalue weighted by Gasteiger charge is 2.13. The molecule has 0 fully saturated rings. The van der Waals surface area contributed by atoms with Crippen molar-refractivity contribution in [1.29, 1.82) is 0 Å². The lowest BCUT2D eigenvalue weighted by Gasteiger charge is -2.13. The Hall–Kier alpha value is -5.64. The zero-order valence-corrected chi connectivity index (χ0v) is 28.4. The summed E-state index contributed by atoms with van der Waals surface area (Å²) in [5.41, 5.74) is 6.62. The molecule has 8 nitrogen and oxygen atoms in total. The molecule has 5 aromatic carbocycles. The average molecular weight is 689 g/mol. The maximum absolute atomic E-state index is 12.7. The summed E-state index contributed by atoms with van der Waals surface area (Å²) < 4.78 is 18.6. The van der Waals surface area contributed by atoms with Gasteiger partial charge in [0.1, 0.15) is 5.75 Å². The van der Waals surface area contributed by atoms with Crippen LogP contribution in [0.15, 0.2) is 137 Å². The van der Waals surface area contributed by atoms with Gasteiger partial charge in [0, 0.05) is 22.0 Å². The molecule has 0 radical (unpaired) electrons. The molecule has 6 rings (SSSR count). The van der Waals surface area contributed by atoms with Crippen LogP contribution in [-0.4, -0.2) is 37.6 Å². The van der Waals surface area contributed by atoms with Crippen LogP contribution in [0.25, 0.3) is 22.4 Å². The number of carbonyl (C=O) groups is 1. The van der Waals surface area contributed by atoms with Crippen LogP contribution in [0.4, 0.5) is 5.69 Å². The molecule has 1 N–H and O–H groups in total. The van der Waals surface area contributed by atoms with Crippen molar-refractivity contribution < 1.29 is 19.0 Å². The van der Waals surface area contributed by atoms with Gasteiger partial charge in [-0.05, 0) is 52.6 Å². The molecule has 6 aromatic rings. The Morgan fingerprint density at radius 3 is 2.22 bits per heavy atom. The van der Waals surface area contributed by atoms with E-state index in [4.69, 9.17) is 35.9 Å². The number of ether oxygens (including phenoxy) is 3. The van der Waals surface area contributed by atoms with Crippen molar-refractivity contribution in [2.24, 2.45) is 10.1 Å². The summed E-state index contributed by atoms with van der Waals surface area (Å²) in [6.07, 6.45) is 1.75. The maximum atomic E-state index is 12.7. The van der Waals surface area contributed by atoms with Gasteiger partial charge in [-0.3, -0.25) is 9.79 Å². The number of nitrogens with zero attached hydrogens (tertiary/aromatic N) is 3. The zero-order chi connectivity index (χ0) is 34.0. The monoisotopic (exact) mass is 688 g/mol. The predicted octanol–water partition coefficient (Wildman–Crippen LogP) is 8.55. The minimum absolute atomic E-state index is 0.237. The minimum atomic E-state index is -0.363. The number of hydrogen-bond acceptors (Lipinski definition) is 7. The number of benzene rings is 5. The highest BCUT2D eigenvalue weighted by atomic mass is 35.5. The van der Waals surface area contributed by atoms with Gasteiger partial charge in [0.15, 0.2) is 18.1 Å². The number of halogens is 1. The van der Waals surface area contributed by atoms with Crippen molar-refractivity contribution in [3.05, 3.63) is 148 Å². The van der Waals surface area contributed by atoms with Gasteiger partial charge in [0.05, 0.1) is 38.4 Å². The first kappa shape index (κ1) is 33.3. The lowest BCUT2D eigenvalue weighted by molar-refractivity contribution is -0.118. The fraction of sp³-hybridized carbons (Fsp3) is 0.103. The van der Waals surface area contributed by atoms with Crippen LogP contribution in [0.3, 0.4) is 0 Å². The molecule has 246 valence electrons. The van der Waals surface area contributed by atoms with Crippen LogP contribution < -0.4 is 24.3 Å². The second kappa shape index (κ2) is 16.0. The van der Waals surface area contributed by atoms with E-state index in [-0.39, 0.29) is 12.5 Å². The highest BCUT2D eigenvalue weighted by Crippen LogP contribution is 2.30. The molecule has 1 heterocycles. The summed E-state index contributed by atoms with van der Waals surface area (Å²) in [5.74, 6) is 0.966. The molecule has 0 aliphatic heterocycles. The lowest BCUT2D eigenvalue weighted by Crippen LogP contribution is -2.20. The Bertz CT molecular complexity index is 2130. The first-order valence-corrected chi connectivity index (χ1v) is 16.7. The molecule has 0 atom stereocenters. The number of thiazole rings is 1. The predicted molar refractivity (Wildman–Crippen MR) is 197 cm³/mol. The van der Waals surface area contributed by atoms with Gasteiger partial charge in [-0.25, -0.2) is 4.68 Å². The largest absolute Gasteiger partial charge is 0.495 e. The second-order valence-corrected chi connectivity index (χ2v) is 12.1. The second-order valence-electron chi connectivity index (χ2n) is 10.8. The number of amides is 1. The molecule has 0 aliphatic carbocycles. The minimum Gasteiger partial charge on any atom is -0.495 e. The van der Waals surface area contributed by atoms with E-state index in [1.807, 2.05) is 47.1 Å². The number of rotatable bonds is 12. The topological polar surface area (TPSA) is 86.4 Å². The Labute approximate surface area is 293 Å². The number of hydrogen-bond donors (Lipinski definition) is 1. The molecule has 0 saturated heterocycles. The molecule has 1 aromatic heterocycles. The number of methoxy groups -OCH3 is 2. The van der Waals surface area contributed by atoms with Crippen LogP contribution >= 0.6 is 22.9 Å². The Morgan fingerprint density at radius 2 is 1.49 bits per heavy atom. The quantitative estimate of drug-likeness (QED) is 0.131. The molecular weight excluding hydrogens is 656 g/mol. The number of anilines is 1. The fourth-order valence-corrected chi connectivity index (χ4v) is 6.03. The first-order chi connectivity index (χ1) is 24.0. The summed E-state index contributed by atoms with van der Waals surface area (Å²) >= 11 is 7.56. The zero-order valence-electron chi connectivity index (χ0n) is 26.9. The standard InChI is InChI=1S/C39H33ClN4O4S/c1-46-36-22-32(40)18-19-33(36)43-38(45)25-48-35-20-13-28(21-37(35)47-2)24-42-44-34(26-49-39(44)41-23-27-9-5-3-6-10-27)31-16-14-30(15-17-31)29-11-7-4-8-12-29/h3-22,24,26H,23,25H2,1-2H3,(H,43,45)/b41-39?,42-24+. The summed E-state index contributed by atoms with van der Waals surface area (Å²) in [7, 11) is 3.06. The van der Waals surface area contributed by atoms with Crippen molar-refractivity contribution in [2.75, 3.05) is 26.1 Å². The van der Waals surface area contributed by atoms with Crippen molar-refractivity contribution in [3.63, 3.8) is 0 Å². The molecule has 0 unspecified atom stereocenters. The van der Waals surface area contributed by atoms with Crippen molar-refractivity contribution in [3.8, 4) is 39.6 Å². The van der Waals surface area contributed by atoms with Crippen LogP contribution in [0.1, 0.15) is 11.1 Å². The SMILES string of the molecule is COc1cc(Cl)ccc1NC(=O)COc1ccc(/C=N/n2c(-c3ccc(-c4ccccc4)cc3)csc2=NCc2ccccc2)cc1OC. The van der Waals surface area contributed by atoms with Crippen LogP contribution in [0, 0.1) is 0 Å². The lowest BCUT2D eigenvalue weighted by atomic mass is 10.0. The number of aromatic nitrogens is 1. The van der Waals surface area contributed by atoms with E-state index in [9.17, 15) is 4.79 Å². The Balaban J connectivity index is 1.23. The van der Waals surface area contributed by atoms with Gasteiger partial charge in [-0.1, -0.05) is 96.5 Å². The number of nitrogens with one attached hydrogen (secondary N) is 1. The van der Waals surface area contributed by atoms with Crippen LogP contribution in [0.2, 0.25) is 5.02 Å². The third kappa shape index (κ3) is 8.45. The summed E-state index contributed by atoms with van der Waals surface area (Å²) in [5, 5.41) is 10.2. The van der Waals surface area contributed by atoms with Gasteiger partial charge in [0.25, 0.3) is 5.91 Å². The highest BCUT2D eigenvalue weighted by molar-refractivity contribution is 7.07. The summed E-state index contributed by atoms with van der Waals surface area (Å²) in [4.78, 5) is 18.3. The average Bonchev–Trinajstić information content (AvgIpc) is 3.56. The Kier molecular flexibility index (Phi) is 10.8.